The van der Waals surface area contributed by atoms with E-state index in [-0.39, 0.29) is 0 Å². The van der Waals surface area contributed by atoms with Crippen molar-refractivity contribution < 1.29 is 5.11 Å². The predicted molar refractivity (Wildman–Crippen MR) is 55.4 cm³/mol. The summed E-state index contributed by atoms with van der Waals surface area (Å²) in [5, 5.41) is 13.1. The Morgan fingerprint density at radius 3 is 2.43 bits per heavy atom. The molecule has 74 valence electrons. The molecule has 0 aliphatic carbocycles. The van der Waals surface area contributed by atoms with Gasteiger partial charge in [0.05, 0.1) is 6.54 Å². The second-order valence-electron chi connectivity index (χ2n) is 3.59. The molecule has 0 spiro atoms. The lowest BCUT2D eigenvalue weighted by atomic mass is 9.84. The topological polar surface area (TPSA) is 58.3 Å². The SMILES string of the molecule is C=C1NCC1(O)c1ccc(CN)cc1. The van der Waals surface area contributed by atoms with Gasteiger partial charge in [-0.25, -0.2) is 0 Å². The van der Waals surface area contributed by atoms with E-state index in [9.17, 15) is 5.11 Å². The van der Waals surface area contributed by atoms with Crippen molar-refractivity contribution in [3.05, 3.63) is 47.7 Å². The van der Waals surface area contributed by atoms with Gasteiger partial charge in [0.2, 0.25) is 0 Å². The highest BCUT2D eigenvalue weighted by molar-refractivity contribution is 5.38. The highest BCUT2D eigenvalue weighted by Crippen LogP contribution is 2.32. The molecule has 3 heteroatoms. The molecule has 1 unspecified atom stereocenters. The molecule has 0 radical (unpaired) electrons. The fourth-order valence-electron chi connectivity index (χ4n) is 1.57. The van der Waals surface area contributed by atoms with E-state index in [1.807, 2.05) is 24.3 Å². The Labute approximate surface area is 83.2 Å². The van der Waals surface area contributed by atoms with Crippen LogP contribution in [0.15, 0.2) is 36.5 Å². The average molecular weight is 190 g/mol. The third-order valence-corrected chi connectivity index (χ3v) is 2.72. The van der Waals surface area contributed by atoms with Crippen LogP contribution < -0.4 is 11.1 Å². The maximum absolute atomic E-state index is 10.1. The van der Waals surface area contributed by atoms with Gasteiger partial charge in [-0.1, -0.05) is 30.8 Å². The molecule has 1 aromatic rings. The fourth-order valence-corrected chi connectivity index (χ4v) is 1.57. The quantitative estimate of drug-likeness (QED) is 0.634. The molecule has 1 aliphatic heterocycles. The van der Waals surface area contributed by atoms with Crippen LogP contribution in [0.5, 0.6) is 0 Å². The molecule has 4 N–H and O–H groups in total. The van der Waals surface area contributed by atoms with Gasteiger partial charge in [-0.3, -0.25) is 0 Å². The molecule has 0 amide bonds. The summed E-state index contributed by atoms with van der Waals surface area (Å²) in [6.45, 7) is 4.81. The maximum Gasteiger partial charge on any atom is 0.145 e. The number of hydrogen-bond donors (Lipinski definition) is 3. The van der Waals surface area contributed by atoms with Crippen LogP contribution in [-0.2, 0) is 12.1 Å². The lowest BCUT2D eigenvalue weighted by Crippen LogP contribution is -2.53. The zero-order valence-electron chi connectivity index (χ0n) is 7.96. The maximum atomic E-state index is 10.1. The van der Waals surface area contributed by atoms with Gasteiger partial charge in [0.25, 0.3) is 0 Å². The van der Waals surface area contributed by atoms with Gasteiger partial charge in [-0.05, 0) is 11.1 Å². The lowest BCUT2D eigenvalue weighted by Gasteiger charge is -2.41. The first-order chi connectivity index (χ1) is 6.66. The molecule has 14 heavy (non-hydrogen) atoms. The van der Waals surface area contributed by atoms with E-state index in [0.29, 0.717) is 18.8 Å². The number of rotatable bonds is 2. The van der Waals surface area contributed by atoms with Crippen LogP contribution in [0.4, 0.5) is 0 Å². The van der Waals surface area contributed by atoms with Crippen molar-refractivity contribution in [3.8, 4) is 0 Å². The van der Waals surface area contributed by atoms with E-state index >= 15 is 0 Å². The van der Waals surface area contributed by atoms with Crippen LogP contribution in [-0.4, -0.2) is 11.7 Å². The molecule has 1 aromatic carbocycles. The summed E-state index contributed by atoms with van der Waals surface area (Å²) in [6, 6.07) is 7.65. The monoisotopic (exact) mass is 190 g/mol. The summed E-state index contributed by atoms with van der Waals surface area (Å²) in [6.07, 6.45) is 0. The average Bonchev–Trinajstić information content (AvgIpc) is 2.26. The molecule has 0 bridgehead atoms. The first-order valence-corrected chi connectivity index (χ1v) is 4.62. The minimum absolute atomic E-state index is 0.526. The third-order valence-electron chi connectivity index (χ3n) is 2.72. The van der Waals surface area contributed by atoms with E-state index in [2.05, 4.69) is 11.9 Å². The van der Waals surface area contributed by atoms with E-state index in [1.54, 1.807) is 0 Å². The van der Waals surface area contributed by atoms with Gasteiger partial charge >= 0.3 is 0 Å². The smallest absolute Gasteiger partial charge is 0.145 e. The van der Waals surface area contributed by atoms with Crippen molar-refractivity contribution in [1.29, 1.82) is 0 Å². The number of aliphatic hydroxyl groups is 1. The molecule has 1 heterocycles. The molecular formula is C11H14N2O. The molecule has 1 atom stereocenters. The van der Waals surface area contributed by atoms with Crippen LogP contribution in [0.2, 0.25) is 0 Å². The number of β-amino-alcohol motifs (C(OH)–C–C–N with tert-alkyl or cyclic N) is 1. The fraction of sp³-hybridized carbons (Fsp3) is 0.273. The van der Waals surface area contributed by atoms with Gasteiger partial charge in [-0.2, -0.15) is 0 Å². The Balaban J connectivity index is 2.29. The Hall–Kier alpha value is -1.32. The Bertz CT molecular complexity index is 358. The molecule has 0 saturated carbocycles. The van der Waals surface area contributed by atoms with Crippen molar-refractivity contribution in [3.63, 3.8) is 0 Å². The van der Waals surface area contributed by atoms with Gasteiger partial charge < -0.3 is 16.2 Å². The second-order valence-corrected chi connectivity index (χ2v) is 3.59. The normalized spacial score (nSPS) is 25.4. The standard InChI is InChI=1S/C11H14N2O/c1-8-11(14,7-13-8)10-4-2-9(6-12)3-5-10/h2-5,13-14H,1,6-7,12H2. The van der Waals surface area contributed by atoms with Crippen molar-refractivity contribution in [2.75, 3.05) is 6.54 Å². The summed E-state index contributed by atoms with van der Waals surface area (Å²) in [5.41, 5.74) is 7.21. The van der Waals surface area contributed by atoms with Crippen LogP contribution in [0.1, 0.15) is 11.1 Å². The first kappa shape index (κ1) is 9.24. The number of hydrogen-bond acceptors (Lipinski definition) is 3. The van der Waals surface area contributed by atoms with Crippen LogP contribution in [0, 0.1) is 0 Å². The van der Waals surface area contributed by atoms with Gasteiger partial charge in [0.15, 0.2) is 0 Å². The zero-order valence-corrected chi connectivity index (χ0v) is 7.96. The minimum atomic E-state index is -0.882. The number of nitrogens with one attached hydrogen (secondary N) is 1. The molecular weight excluding hydrogens is 176 g/mol. The summed E-state index contributed by atoms with van der Waals surface area (Å²) >= 11 is 0. The van der Waals surface area contributed by atoms with E-state index in [4.69, 9.17) is 5.73 Å². The van der Waals surface area contributed by atoms with Gasteiger partial charge in [-0.15, -0.1) is 0 Å². The second kappa shape index (κ2) is 3.12. The molecule has 1 saturated heterocycles. The zero-order chi connectivity index (χ0) is 10.2. The Morgan fingerprint density at radius 2 is 2.07 bits per heavy atom. The van der Waals surface area contributed by atoms with Crippen molar-refractivity contribution in [2.24, 2.45) is 5.73 Å². The number of nitrogens with two attached hydrogens (primary N) is 1. The molecule has 0 aromatic heterocycles. The van der Waals surface area contributed by atoms with Gasteiger partial charge in [0.1, 0.15) is 5.60 Å². The van der Waals surface area contributed by atoms with E-state index in [1.165, 1.54) is 0 Å². The highest BCUT2D eigenvalue weighted by atomic mass is 16.3. The number of benzene rings is 1. The molecule has 2 rings (SSSR count). The Kier molecular flexibility index (Phi) is 2.06. The van der Waals surface area contributed by atoms with Crippen molar-refractivity contribution in [1.82, 2.24) is 5.32 Å². The van der Waals surface area contributed by atoms with Crippen LogP contribution in [0.3, 0.4) is 0 Å². The molecule has 1 fully saturated rings. The van der Waals surface area contributed by atoms with Crippen molar-refractivity contribution in [2.45, 2.75) is 12.1 Å². The van der Waals surface area contributed by atoms with Crippen LogP contribution >= 0.6 is 0 Å². The first-order valence-electron chi connectivity index (χ1n) is 4.62. The summed E-state index contributed by atoms with van der Waals surface area (Å²) in [7, 11) is 0. The highest BCUT2D eigenvalue weighted by Gasteiger charge is 2.40. The van der Waals surface area contributed by atoms with Crippen molar-refractivity contribution >= 4 is 0 Å². The third kappa shape index (κ3) is 1.22. The molecule has 1 aliphatic rings. The summed E-state index contributed by atoms with van der Waals surface area (Å²) in [5.74, 6) is 0. The van der Waals surface area contributed by atoms with Gasteiger partial charge in [0, 0.05) is 12.2 Å². The summed E-state index contributed by atoms with van der Waals surface area (Å²) < 4.78 is 0. The Morgan fingerprint density at radius 1 is 1.43 bits per heavy atom. The van der Waals surface area contributed by atoms with E-state index < -0.39 is 5.60 Å². The minimum Gasteiger partial charge on any atom is -0.382 e. The summed E-state index contributed by atoms with van der Waals surface area (Å²) in [4.78, 5) is 0. The predicted octanol–water partition coefficient (Wildman–Crippen LogP) is 0.450. The van der Waals surface area contributed by atoms with E-state index in [0.717, 1.165) is 11.1 Å². The molecule has 3 nitrogen and oxygen atoms in total. The largest absolute Gasteiger partial charge is 0.382 e. The van der Waals surface area contributed by atoms with Crippen LogP contribution in [0.25, 0.3) is 0 Å². The lowest BCUT2D eigenvalue weighted by molar-refractivity contribution is 0.0282.